The molecule has 26 heavy (non-hydrogen) atoms. The first-order valence-electron chi connectivity index (χ1n) is 8.65. The molecule has 0 aromatic heterocycles. The number of nitrogens with zero attached hydrogens (tertiary/aromatic N) is 3. The molecule has 2 aliphatic heterocycles. The number of fused-ring (bicyclic) bond motifs is 1. The number of para-hydroxylation sites is 2. The summed E-state index contributed by atoms with van der Waals surface area (Å²) in [6, 6.07) is 15.0. The third-order valence-corrected chi connectivity index (χ3v) is 6.24. The Morgan fingerprint density at radius 1 is 1.04 bits per heavy atom. The summed E-state index contributed by atoms with van der Waals surface area (Å²) in [6.45, 7) is 2.42. The molecular formula is C19H19N3O3S. The molecule has 2 heterocycles. The van der Waals surface area contributed by atoms with Crippen molar-refractivity contribution in [3.05, 3.63) is 64.2 Å². The Balaban J connectivity index is 1.40. The molecule has 1 saturated heterocycles. The molecule has 7 heteroatoms. The lowest BCUT2D eigenvalue weighted by Crippen LogP contribution is -2.51. The average Bonchev–Trinajstić information content (AvgIpc) is 3.12. The molecule has 6 nitrogen and oxygen atoms in total. The van der Waals surface area contributed by atoms with E-state index in [2.05, 4.69) is 12.1 Å². The smallest absolute Gasteiger partial charge is 0.292 e. The average molecular weight is 369 g/mol. The van der Waals surface area contributed by atoms with Gasteiger partial charge < -0.3 is 9.80 Å². The molecule has 1 atom stereocenters. The second kappa shape index (κ2) is 6.99. The van der Waals surface area contributed by atoms with Crippen LogP contribution in [0.2, 0.25) is 0 Å². The van der Waals surface area contributed by atoms with Gasteiger partial charge in [-0.2, -0.15) is 0 Å². The fourth-order valence-corrected chi connectivity index (χ4v) is 4.86. The van der Waals surface area contributed by atoms with Crippen LogP contribution in [0.5, 0.6) is 0 Å². The van der Waals surface area contributed by atoms with Crippen LogP contribution in [0, 0.1) is 10.1 Å². The number of anilines is 1. The quantitative estimate of drug-likeness (QED) is 0.615. The molecule has 0 spiro atoms. The maximum atomic E-state index is 12.9. The van der Waals surface area contributed by atoms with Gasteiger partial charge in [0.05, 0.1) is 10.2 Å². The van der Waals surface area contributed by atoms with Gasteiger partial charge in [-0.3, -0.25) is 14.9 Å². The molecule has 1 unspecified atom stereocenters. The van der Waals surface area contributed by atoms with Gasteiger partial charge in [0.25, 0.3) is 5.69 Å². The van der Waals surface area contributed by atoms with Crippen LogP contribution < -0.4 is 4.90 Å². The second-order valence-electron chi connectivity index (χ2n) is 6.48. The van der Waals surface area contributed by atoms with Gasteiger partial charge >= 0.3 is 0 Å². The number of hydrogen-bond acceptors (Lipinski definition) is 5. The fourth-order valence-electron chi connectivity index (χ4n) is 3.58. The molecule has 0 aliphatic carbocycles. The predicted molar refractivity (Wildman–Crippen MR) is 102 cm³/mol. The molecule has 2 aromatic carbocycles. The number of rotatable bonds is 3. The van der Waals surface area contributed by atoms with Crippen molar-refractivity contribution in [1.29, 1.82) is 0 Å². The number of carbonyl (C=O) groups excluding carboxylic acids is 1. The number of nitro benzene ring substituents is 1. The van der Waals surface area contributed by atoms with E-state index in [1.165, 1.54) is 16.5 Å². The van der Waals surface area contributed by atoms with Gasteiger partial charge in [0.1, 0.15) is 5.69 Å². The lowest BCUT2D eigenvalue weighted by atomic mass is 10.1. The molecule has 1 fully saturated rings. The van der Waals surface area contributed by atoms with E-state index in [1.54, 1.807) is 23.9 Å². The van der Waals surface area contributed by atoms with Crippen LogP contribution in [0.3, 0.4) is 0 Å². The number of amides is 1. The highest BCUT2D eigenvalue weighted by molar-refractivity contribution is 8.01. The largest absolute Gasteiger partial charge is 0.362 e. The van der Waals surface area contributed by atoms with Crippen molar-refractivity contribution in [2.75, 3.05) is 31.1 Å². The lowest BCUT2D eigenvalue weighted by molar-refractivity contribution is -0.384. The van der Waals surface area contributed by atoms with E-state index >= 15 is 0 Å². The van der Waals surface area contributed by atoms with Gasteiger partial charge in [-0.25, -0.2) is 0 Å². The van der Waals surface area contributed by atoms with Crippen molar-refractivity contribution in [2.24, 2.45) is 0 Å². The Morgan fingerprint density at radius 2 is 1.73 bits per heavy atom. The molecule has 1 amide bonds. The fraction of sp³-hybridized carbons (Fsp3) is 0.316. The zero-order chi connectivity index (χ0) is 18.1. The highest BCUT2D eigenvalue weighted by Crippen LogP contribution is 2.38. The third-order valence-electron chi connectivity index (χ3n) is 4.93. The van der Waals surface area contributed by atoms with E-state index in [4.69, 9.17) is 0 Å². The van der Waals surface area contributed by atoms with Crippen LogP contribution in [0.15, 0.2) is 53.4 Å². The molecular weight excluding hydrogens is 350 g/mol. The molecule has 0 bridgehead atoms. The molecule has 4 rings (SSSR count). The number of nitro groups is 1. The summed E-state index contributed by atoms with van der Waals surface area (Å²) in [5.41, 5.74) is 2.00. The number of hydrogen-bond donors (Lipinski definition) is 0. The maximum absolute atomic E-state index is 12.9. The molecule has 0 N–H and O–H groups in total. The van der Waals surface area contributed by atoms with Crippen LogP contribution in [0.4, 0.5) is 11.4 Å². The van der Waals surface area contributed by atoms with E-state index in [0.717, 1.165) is 6.42 Å². The normalized spacial score (nSPS) is 19.3. The van der Waals surface area contributed by atoms with Crippen molar-refractivity contribution >= 4 is 29.0 Å². The Kier molecular flexibility index (Phi) is 4.55. The summed E-state index contributed by atoms with van der Waals surface area (Å²) in [5, 5.41) is 11.2. The molecule has 2 aliphatic rings. The van der Waals surface area contributed by atoms with Crippen molar-refractivity contribution in [1.82, 2.24) is 4.90 Å². The third kappa shape index (κ3) is 3.14. The molecule has 0 saturated carbocycles. The Morgan fingerprint density at radius 3 is 2.46 bits per heavy atom. The summed E-state index contributed by atoms with van der Waals surface area (Å²) in [5.74, 6) is 0.174. The minimum Gasteiger partial charge on any atom is -0.362 e. The second-order valence-corrected chi connectivity index (χ2v) is 7.72. The first-order valence-corrected chi connectivity index (χ1v) is 9.53. The van der Waals surface area contributed by atoms with Crippen LogP contribution in [0.1, 0.15) is 5.56 Å². The van der Waals surface area contributed by atoms with Gasteiger partial charge in [0, 0.05) is 37.1 Å². The van der Waals surface area contributed by atoms with E-state index in [1.807, 2.05) is 28.0 Å². The molecule has 134 valence electrons. The van der Waals surface area contributed by atoms with Crippen molar-refractivity contribution in [3.8, 4) is 0 Å². The minimum atomic E-state index is -0.348. The highest BCUT2D eigenvalue weighted by atomic mass is 32.2. The molecule has 0 radical (unpaired) electrons. The summed E-state index contributed by atoms with van der Waals surface area (Å²) >= 11 is 1.65. The number of piperazine rings is 1. The van der Waals surface area contributed by atoms with Crippen molar-refractivity contribution < 1.29 is 9.72 Å². The first-order chi connectivity index (χ1) is 12.6. The number of benzene rings is 2. The van der Waals surface area contributed by atoms with Gasteiger partial charge in [0.2, 0.25) is 5.91 Å². The maximum Gasteiger partial charge on any atom is 0.292 e. The minimum absolute atomic E-state index is 0.0509. The topological polar surface area (TPSA) is 66.7 Å². The highest BCUT2D eigenvalue weighted by Gasteiger charge is 2.33. The van der Waals surface area contributed by atoms with Crippen LogP contribution in [-0.4, -0.2) is 47.2 Å². The predicted octanol–water partition coefficient (Wildman–Crippen LogP) is 2.96. The van der Waals surface area contributed by atoms with E-state index in [9.17, 15) is 14.9 Å². The van der Waals surface area contributed by atoms with E-state index in [0.29, 0.717) is 31.9 Å². The van der Waals surface area contributed by atoms with Gasteiger partial charge in [-0.05, 0) is 24.1 Å². The van der Waals surface area contributed by atoms with Crippen LogP contribution >= 0.6 is 11.8 Å². The summed E-state index contributed by atoms with van der Waals surface area (Å²) < 4.78 is 0. The SMILES string of the molecule is O=C(C1Cc2ccccc2S1)N1CCN(c2ccccc2[N+](=O)[O-])CC1. The summed E-state index contributed by atoms with van der Waals surface area (Å²) in [4.78, 5) is 28.8. The zero-order valence-corrected chi connectivity index (χ0v) is 15.0. The number of thioether (sulfide) groups is 1. The monoisotopic (exact) mass is 369 g/mol. The zero-order valence-electron chi connectivity index (χ0n) is 14.2. The van der Waals surface area contributed by atoms with Crippen LogP contribution in [0.25, 0.3) is 0 Å². The lowest BCUT2D eigenvalue weighted by Gasteiger charge is -2.36. The Labute approximate surface area is 155 Å². The number of carbonyl (C=O) groups is 1. The Bertz CT molecular complexity index is 824. The summed E-state index contributed by atoms with van der Waals surface area (Å²) in [7, 11) is 0. The Hall–Kier alpha value is -2.54. The van der Waals surface area contributed by atoms with Crippen molar-refractivity contribution in [3.63, 3.8) is 0 Å². The molecule has 2 aromatic rings. The first kappa shape index (κ1) is 16.9. The summed E-state index contributed by atoms with van der Waals surface area (Å²) in [6.07, 6.45) is 0.782. The van der Waals surface area contributed by atoms with Gasteiger partial charge in [-0.15, -0.1) is 11.8 Å². The standard InChI is InChI=1S/C19H19N3O3S/c23-19(18-13-14-5-1-4-8-17(14)26-18)21-11-9-20(10-12-21)15-6-2-3-7-16(15)22(24)25/h1-8,18H,9-13H2. The van der Waals surface area contributed by atoms with Crippen LogP contribution in [-0.2, 0) is 11.2 Å². The van der Waals surface area contributed by atoms with E-state index < -0.39 is 0 Å². The van der Waals surface area contributed by atoms with Crippen molar-refractivity contribution in [2.45, 2.75) is 16.6 Å². The van der Waals surface area contributed by atoms with E-state index in [-0.39, 0.29) is 21.8 Å². The van der Waals surface area contributed by atoms with Gasteiger partial charge in [0.15, 0.2) is 0 Å². The van der Waals surface area contributed by atoms with Gasteiger partial charge in [-0.1, -0.05) is 30.3 Å².